The number of anilines is 2. The van der Waals surface area contributed by atoms with Crippen LogP contribution in [0.1, 0.15) is 24.9 Å². The summed E-state index contributed by atoms with van der Waals surface area (Å²) in [7, 11) is 1.46. The molecule has 8 nitrogen and oxygen atoms in total. The van der Waals surface area contributed by atoms with Crippen molar-refractivity contribution in [2.75, 3.05) is 23.7 Å². The Balaban J connectivity index is 1.52. The van der Waals surface area contributed by atoms with Crippen LogP contribution in [0.25, 0.3) is 0 Å². The molecule has 2 aliphatic heterocycles. The molecule has 2 saturated heterocycles. The van der Waals surface area contributed by atoms with E-state index in [1.165, 1.54) is 18.1 Å². The summed E-state index contributed by atoms with van der Waals surface area (Å²) >= 11 is 0. The van der Waals surface area contributed by atoms with Gasteiger partial charge in [0, 0.05) is 0 Å². The number of imide groups is 1. The average molecular weight is 475 g/mol. The standard InChI is InChI=1S/C27H26N2O6/c1-3-15-34-20-12-10-18(11-13-20)28-26(31)23-24(17-9-14-21(30)22(16-17)33-2)29(35-25(23)27(28)32)19-7-5-4-6-8-19/h4-14,16,23-25,30H,3,15H2,1-2H3/t23-,24+,25-/m0/s1. The number of hydrogen-bond donors (Lipinski definition) is 1. The molecule has 0 bridgehead atoms. The highest BCUT2D eigenvalue weighted by atomic mass is 16.7. The summed E-state index contributed by atoms with van der Waals surface area (Å²) in [5, 5.41) is 11.7. The number of methoxy groups -OCH3 is 1. The number of aromatic hydroxyl groups is 1. The molecule has 8 heteroatoms. The number of para-hydroxylation sites is 1. The predicted molar refractivity (Wildman–Crippen MR) is 129 cm³/mol. The Morgan fingerprint density at radius 2 is 1.69 bits per heavy atom. The summed E-state index contributed by atoms with van der Waals surface area (Å²) < 4.78 is 10.9. The van der Waals surface area contributed by atoms with Gasteiger partial charge in [0.15, 0.2) is 17.6 Å². The minimum atomic E-state index is -0.983. The van der Waals surface area contributed by atoms with Crippen molar-refractivity contribution in [2.45, 2.75) is 25.5 Å². The summed E-state index contributed by atoms with van der Waals surface area (Å²) in [6, 6.07) is 20.5. The number of fused-ring (bicyclic) bond motifs is 1. The first kappa shape index (κ1) is 22.7. The maximum absolute atomic E-state index is 13.7. The molecule has 2 heterocycles. The third kappa shape index (κ3) is 3.95. The van der Waals surface area contributed by atoms with Crippen LogP contribution in [-0.2, 0) is 14.4 Å². The molecule has 180 valence electrons. The van der Waals surface area contributed by atoms with Crippen molar-refractivity contribution in [1.82, 2.24) is 0 Å². The lowest BCUT2D eigenvalue weighted by molar-refractivity contribution is -0.126. The van der Waals surface area contributed by atoms with E-state index in [0.717, 1.165) is 6.42 Å². The number of hydroxylamine groups is 1. The summed E-state index contributed by atoms with van der Waals surface area (Å²) in [4.78, 5) is 34.5. The lowest BCUT2D eigenvalue weighted by atomic mass is 9.90. The SMILES string of the molecule is CCCOc1ccc(N2C(=O)[C@@H]3[C@H](ON(c4ccccc4)[C@@H]3c3ccc(O)c(OC)c3)C2=O)cc1. The van der Waals surface area contributed by atoms with Crippen LogP contribution >= 0.6 is 0 Å². The Kier molecular flexibility index (Phi) is 6.05. The molecular formula is C27H26N2O6. The van der Waals surface area contributed by atoms with Gasteiger partial charge in [-0.25, -0.2) is 9.96 Å². The minimum absolute atomic E-state index is 0.0150. The van der Waals surface area contributed by atoms with Gasteiger partial charge in [-0.2, -0.15) is 0 Å². The van der Waals surface area contributed by atoms with E-state index in [1.54, 1.807) is 41.5 Å². The highest BCUT2D eigenvalue weighted by Crippen LogP contribution is 2.48. The Morgan fingerprint density at radius 3 is 2.37 bits per heavy atom. The second-order valence-electron chi connectivity index (χ2n) is 8.44. The van der Waals surface area contributed by atoms with Gasteiger partial charge in [-0.15, -0.1) is 0 Å². The van der Waals surface area contributed by atoms with Gasteiger partial charge in [0.1, 0.15) is 11.7 Å². The number of carbonyl (C=O) groups excluding carboxylic acids is 2. The number of nitrogens with zero attached hydrogens (tertiary/aromatic N) is 2. The molecule has 3 aromatic rings. The molecule has 2 amide bonds. The van der Waals surface area contributed by atoms with E-state index in [0.29, 0.717) is 29.3 Å². The minimum Gasteiger partial charge on any atom is -0.504 e. The van der Waals surface area contributed by atoms with Crippen molar-refractivity contribution >= 4 is 23.2 Å². The Labute approximate surface area is 203 Å². The quantitative estimate of drug-likeness (QED) is 0.513. The van der Waals surface area contributed by atoms with Crippen LogP contribution in [0, 0.1) is 5.92 Å². The molecule has 3 atom stereocenters. The number of phenols is 1. The smallest absolute Gasteiger partial charge is 0.266 e. The highest BCUT2D eigenvalue weighted by Gasteiger charge is 2.60. The zero-order valence-electron chi connectivity index (χ0n) is 19.5. The largest absolute Gasteiger partial charge is 0.504 e. The fraction of sp³-hybridized carbons (Fsp3) is 0.259. The van der Waals surface area contributed by atoms with E-state index in [-0.39, 0.29) is 17.4 Å². The molecule has 0 unspecified atom stereocenters. The van der Waals surface area contributed by atoms with Crippen LogP contribution in [0.5, 0.6) is 17.2 Å². The molecule has 0 saturated carbocycles. The number of ether oxygens (including phenoxy) is 2. The summed E-state index contributed by atoms with van der Waals surface area (Å²) in [5.74, 6) is -0.619. The van der Waals surface area contributed by atoms with E-state index < -0.39 is 24.0 Å². The van der Waals surface area contributed by atoms with E-state index >= 15 is 0 Å². The van der Waals surface area contributed by atoms with E-state index in [9.17, 15) is 14.7 Å². The predicted octanol–water partition coefficient (Wildman–Crippen LogP) is 4.24. The fourth-order valence-electron chi connectivity index (χ4n) is 4.60. The summed E-state index contributed by atoms with van der Waals surface area (Å²) in [6.07, 6.45) is -0.101. The molecule has 5 rings (SSSR count). The number of benzene rings is 3. The summed E-state index contributed by atoms with van der Waals surface area (Å²) in [5.41, 5.74) is 1.86. The Morgan fingerprint density at radius 1 is 0.943 bits per heavy atom. The molecule has 0 aliphatic carbocycles. The Bertz CT molecular complexity index is 1230. The summed E-state index contributed by atoms with van der Waals surface area (Å²) in [6.45, 7) is 2.61. The molecule has 0 aromatic heterocycles. The van der Waals surface area contributed by atoms with Crippen LogP contribution < -0.4 is 19.4 Å². The second kappa shape index (κ2) is 9.31. The normalized spacial score (nSPS) is 21.4. The van der Waals surface area contributed by atoms with Crippen LogP contribution in [0.2, 0.25) is 0 Å². The number of carbonyl (C=O) groups is 2. The molecule has 2 aliphatic rings. The van der Waals surface area contributed by atoms with Gasteiger partial charge in [0.05, 0.1) is 31.1 Å². The van der Waals surface area contributed by atoms with Gasteiger partial charge in [0.2, 0.25) is 5.91 Å². The van der Waals surface area contributed by atoms with E-state index in [4.69, 9.17) is 14.3 Å². The van der Waals surface area contributed by atoms with Crippen molar-refractivity contribution in [3.8, 4) is 17.2 Å². The third-order valence-corrected chi connectivity index (χ3v) is 6.24. The van der Waals surface area contributed by atoms with Crippen LogP contribution in [0.15, 0.2) is 72.8 Å². The topological polar surface area (TPSA) is 88.5 Å². The average Bonchev–Trinajstić information content (AvgIpc) is 3.40. The van der Waals surface area contributed by atoms with E-state index in [1.807, 2.05) is 37.3 Å². The molecular weight excluding hydrogens is 448 g/mol. The first-order valence-electron chi connectivity index (χ1n) is 11.5. The van der Waals surface area contributed by atoms with Gasteiger partial charge in [-0.1, -0.05) is 31.2 Å². The number of rotatable bonds is 7. The molecule has 35 heavy (non-hydrogen) atoms. The van der Waals surface area contributed by atoms with Gasteiger partial charge in [-0.05, 0) is 60.5 Å². The first-order valence-corrected chi connectivity index (χ1v) is 11.5. The molecule has 1 N–H and O–H groups in total. The third-order valence-electron chi connectivity index (χ3n) is 6.24. The zero-order chi connectivity index (χ0) is 24.5. The van der Waals surface area contributed by atoms with Crippen molar-refractivity contribution < 1.29 is 29.0 Å². The van der Waals surface area contributed by atoms with Crippen molar-refractivity contribution in [2.24, 2.45) is 5.92 Å². The molecule has 3 aromatic carbocycles. The Hall–Kier alpha value is -4.04. The van der Waals surface area contributed by atoms with Crippen LogP contribution in [-0.4, -0.2) is 36.7 Å². The lowest BCUT2D eigenvalue weighted by Gasteiger charge is -2.29. The van der Waals surface area contributed by atoms with Gasteiger partial charge in [-0.3, -0.25) is 14.4 Å². The zero-order valence-corrected chi connectivity index (χ0v) is 19.5. The van der Waals surface area contributed by atoms with E-state index in [2.05, 4.69) is 0 Å². The lowest BCUT2D eigenvalue weighted by Crippen LogP contribution is -2.37. The molecule has 0 radical (unpaired) electrons. The van der Waals surface area contributed by atoms with Crippen LogP contribution in [0.3, 0.4) is 0 Å². The maximum atomic E-state index is 13.7. The second-order valence-corrected chi connectivity index (χ2v) is 8.44. The fourth-order valence-corrected chi connectivity index (χ4v) is 4.60. The van der Waals surface area contributed by atoms with Gasteiger partial charge >= 0.3 is 0 Å². The highest BCUT2D eigenvalue weighted by molar-refractivity contribution is 6.23. The number of amides is 2. The van der Waals surface area contributed by atoms with Crippen LogP contribution in [0.4, 0.5) is 11.4 Å². The number of hydrogen-bond acceptors (Lipinski definition) is 7. The van der Waals surface area contributed by atoms with Gasteiger partial charge < -0.3 is 14.6 Å². The van der Waals surface area contributed by atoms with Crippen molar-refractivity contribution in [3.63, 3.8) is 0 Å². The maximum Gasteiger partial charge on any atom is 0.266 e. The van der Waals surface area contributed by atoms with Gasteiger partial charge in [0.25, 0.3) is 5.91 Å². The van der Waals surface area contributed by atoms with Crippen molar-refractivity contribution in [1.29, 1.82) is 0 Å². The molecule has 0 spiro atoms. The first-order chi connectivity index (χ1) is 17.0. The monoisotopic (exact) mass is 474 g/mol. The molecule has 2 fully saturated rings. The number of phenolic OH excluding ortho intramolecular Hbond substituents is 1. The van der Waals surface area contributed by atoms with Crippen molar-refractivity contribution in [3.05, 3.63) is 78.4 Å².